The molecule has 1 aliphatic heterocycles. The van der Waals surface area contributed by atoms with Crippen LogP contribution < -0.4 is 5.14 Å². The molecule has 0 bridgehead atoms. The third-order valence-electron chi connectivity index (χ3n) is 2.48. The van der Waals surface area contributed by atoms with E-state index in [9.17, 15) is 8.42 Å². The Morgan fingerprint density at radius 1 is 1.57 bits per heavy atom. The molecule has 0 aromatic rings. The minimum Gasteiger partial charge on any atom is -0.396 e. The highest BCUT2D eigenvalue weighted by atomic mass is 32.2. The molecule has 1 aliphatic rings. The number of rotatable bonds is 5. The highest BCUT2D eigenvalue weighted by Crippen LogP contribution is 2.15. The van der Waals surface area contributed by atoms with Gasteiger partial charge in [-0.3, -0.25) is 0 Å². The highest BCUT2D eigenvalue weighted by molar-refractivity contribution is 7.86. The van der Waals surface area contributed by atoms with Gasteiger partial charge in [0.1, 0.15) is 0 Å². The van der Waals surface area contributed by atoms with Crippen LogP contribution in [-0.4, -0.2) is 62.1 Å². The van der Waals surface area contributed by atoms with Crippen LogP contribution in [0.5, 0.6) is 0 Å². The fourth-order valence-corrected chi connectivity index (χ4v) is 2.17. The Morgan fingerprint density at radius 3 is 2.57 bits per heavy atom. The smallest absolute Gasteiger partial charge is 0.277 e. The summed E-state index contributed by atoms with van der Waals surface area (Å²) in [6.45, 7) is 1.86. The van der Waals surface area contributed by atoms with Gasteiger partial charge in [-0.25, -0.2) is 5.14 Å². The van der Waals surface area contributed by atoms with E-state index >= 15 is 0 Å². The lowest BCUT2D eigenvalue weighted by Gasteiger charge is -2.41. The molecule has 0 saturated carbocycles. The lowest BCUT2D eigenvalue weighted by atomic mass is 10.1. The quantitative estimate of drug-likeness (QED) is 0.575. The van der Waals surface area contributed by atoms with Gasteiger partial charge in [0.15, 0.2) is 0 Å². The maximum Gasteiger partial charge on any atom is 0.277 e. The molecule has 0 aromatic heterocycles. The summed E-state index contributed by atoms with van der Waals surface area (Å²) in [5.74, 6) is 0. The minimum atomic E-state index is -3.50. The van der Waals surface area contributed by atoms with Gasteiger partial charge in [-0.05, 0) is 13.5 Å². The van der Waals surface area contributed by atoms with Crippen molar-refractivity contribution >= 4 is 10.2 Å². The monoisotopic (exact) mass is 223 g/mol. The van der Waals surface area contributed by atoms with Gasteiger partial charge in [0.2, 0.25) is 0 Å². The highest BCUT2D eigenvalue weighted by Gasteiger charge is 2.35. The van der Waals surface area contributed by atoms with Crippen molar-refractivity contribution in [2.45, 2.75) is 12.5 Å². The van der Waals surface area contributed by atoms with E-state index in [1.807, 2.05) is 11.9 Å². The van der Waals surface area contributed by atoms with E-state index < -0.39 is 10.2 Å². The summed E-state index contributed by atoms with van der Waals surface area (Å²) in [5, 5.41) is 13.6. The van der Waals surface area contributed by atoms with Gasteiger partial charge in [-0.1, -0.05) is 0 Å². The molecule has 0 unspecified atom stereocenters. The maximum absolute atomic E-state index is 10.8. The van der Waals surface area contributed by atoms with Crippen LogP contribution in [0.2, 0.25) is 0 Å². The molecule has 14 heavy (non-hydrogen) atoms. The van der Waals surface area contributed by atoms with Gasteiger partial charge in [0.25, 0.3) is 10.2 Å². The van der Waals surface area contributed by atoms with Crippen molar-refractivity contribution in [3.63, 3.8) is 0 Å². The van der Waals surface area contributed by atoms with Crippen LogP contribution in [0.15, 0.2) is 0 Å². The molecule has 7 heteroatoms. The van der Waals surface area contributed by atoms with Crippen LogP contribution in [0.25, 0.3) is 0 Å². The summed E-state index contributed by atoms with van der Waals surface area (Å²) in [4.78, 5) is 2.04. The average molecular weight is 223 g/mol. The Bertz CT molecular complexity index is 274. The Balaban J connectivity index is 2.27. The number of aliphatic hydroxyl groups excluding tert-OH is 1. The average Bonchev–Trinajstić information content (AvgIpc) is 1.94. The Kier molecular flexibility index (Phi) is 3.85. The topological polar surface area (TPSA) is 86.9 Å². The Hall–Kier alpha value is -0.210. The molecule has 1 rings (SSSR count). The third-order valence-corrected chi connectivity index (χ3v) is 3.50. The number of likely N-dealkylation sites (N-methyl/N-ethyl adjacent to an activating group) is 1. The standard InChI is InChI=1S/C7H17N3O3S/c1-9(3-2-4-11)7-5-10(6-7)14(8,12)13/h7,11H,2-6H2,1H3,(H2,8,12,13). The molecule has 1 heterocycles. The number of nitrogens with two attached hydrogens (primary N) is 1. The van der Waals surface area contributed by atoms with Crippen molar-refractivity contribution in [2.24, 2.45) is 5.14 Å². The third kappa shape index (κ3) is 2.89. The Labute approximate surface area is 84.5 Å². The Morgan fingerprint density at radius 2 is 2.14 bits per heavy atom. The molecule has 3 N–H and O–H groups in total. The molecule has 0 aliphatic carbocycles. The van der Waals surface area contributed by atoms with E-state index in [2.05, 4.69) is 0 Å². The number of aliphatic hydroxyl groups is 1. The largest absolute Gasteiger partial charge is 0.396 e. The van der Waals surface area contributed by atoms with E-state index in [4.69, 9.17) is 10.2 Å². The van der Waals surface area contributed by atoms with Crippen molar-refractivity contribution in [2.75, 3.05) is 33.3 Å². The summed E-state index contributed by atoms with van der Waals surface area (Å²) >= 11 is 0. The lowest BCUT2D eigenvalue weighted by Crippen LogP contribution is -2.61. The van der Waals surface area contributed by atoms with E-state index in [0.717, 1.165) is 6.54 Å². The second-order valence-corrected chi connectivity index (χ2v) is 5.12. The molecule has 0 aromatic carbocycles. The van der Waals surface area contributed by atoms with Crippen LogP contribution in [0.3, 0.4) is 0 Å². The van der Waals surface area contributed by atoms with Crippen LogP contribution in [0, 0.1) is 0 Å². The van der Waals surface area contributed by atoms with E-state index in [0.29, 0.717) is 19.5 Å². The van der Waals surface area contributed by atoms with E-state index in [1.54, 1.807) is 0 Å². The summed E-state index contributed by atoms with van der Waals surface area (Å²) in [6, 6.07) is 0.236. The first-order valence-corrected chi connectivity index (χ1v) is 6.04. The van der Waals surface area contributed by atoms with Crippen molar-refractivity contribution in [3.8, 4) is 0 Å². The molecule has 1 fully saturated rings. The van der Waals surface area contributed by atoms with Crippen LogP contribution in [0.1, 0.15) is 6.42 Å². The molecule has 0 radical (unpaired) electrons. The first-order valence-electron chi connectivity index (χ1n) is 4.54. The zero-order valence-electron chi connectivity index (χ0n) is 8.26. The number of hydrogen-bond acceptors (Lipinski definition) is 4. The molecule has 0 amide bonds. The molecule has 84 valence electrons. The number of nitrogens with zero attached hydrogens (tertiary/aromatic N) is 2. The maximum atomic E-state index is 10.8. The number of hydrogen-bond donors (Lipinski definition) is 2. The SMILES string of the molecule is CN(CCCO)C1CN(S(N)(=O)=O)C1. The van der Waals surface area contributed by atoms with Gasteiger partial charge in [-0.2, -0.15) is 12.7 Å². The van der Waals surface area contributed by atoms with E-state index in [-0.39, 0.29) is 12.6 Å². The molecular formula is C7H17N3O3S. The predicted molar refractivity (Wildman–Crippen MR) is 52.8 cm³/mol. The van der Waals surface area contributed by atoms with Crippen molar-refractivity contribution in [1.29, 1.82) is 0 Å². The van der Waals surface area contributed by atoms with Crippen LogP contribution in [0.4, 0.5) is 0 Å². The molecule has 1 saturated heterocycles. The van der Waals surface area contributed by atoms with Crippen LogP contribution in [-0.2, 0) is 10.2 Å². The lowest BCUT2D eigenvalue weighted by molar-refractivity contribution is 0.104. The van der Waals surface area contributed by atoms with Crippen LogP contribution >= 0.6 is 0 Å². The predicted octanol–water partition coefficient (Wildman–Crippen LogP) is -1.81. The van der Waals surface area contributed by atoms with Gasteiger partial charge in [0, 0.05) is 32.3 Å². The zero-order valence-corrected chi connectivity index (χ0v) is 9.07. The summed E-state index contributed by atoms with van der Waals surface area (Å²) in [6.07, 6.45) is 0.711. The van der Waals surface area contributed by atoms with Gasteiger partial charge in [0.05, 0.1) is 0 Å². The normalized spacial score (nSPS) is 20.0. The molecule has 6 nitrogen and oxygen atoms in total. The fourth-order valence-electron chi connectivity index (χ4n) is 1.41. The molecule has 0 spiro atoms. The second-order valence-electron chi connectivity index (χ2n) is 3.57. The van der Waals surface area contributed by atoms with Gasteiger partial charge in [-0.15, -0.1) is 0 Å². The van der Waals surface area contributed by atoms with E-state index in [1.165, 1.54) is 4.31 Å². The summed E-state index contributed by atoms with van der Waals surface area (Å²) in [5.41, 5.74) is 0. The van der Waals surface area contributed by atoms with Crippen molar-refractivity contribution < 1.29 is 13.5 Å². The molecular weight excluding hydrogens is 206 g/mol. The first kappa shape index (κ1) is 11.9. The second kappa shape index (κ2) is 4.54. The van der Waals surface area contributed by atoms with Crippen molar-refractivity contribution in [3.05, 3.63) is 0 Å². The van der Waals surface area contributed by atoms with Gasteiger partial charge >= 0.3 is 0 Å². The minimum absolute atomic E-state index is 0.163. The zero-order chi connectivity index (χ0) is 10.8. The van der Waals surface area contributed by atoms with Crippen molar-refractivity contribution in [1.82, 2.24) is 9.21 Å². The molecule has 0 atom stereocenters. The fraction of sp³-hybridized carbons (Fsp3) is 1.00. The van der Waals surface area contributed by atoms with Gasteiger partial charge < -0.3 is 10.0 Å². The first-order chi connectivity index (χ1) is 6.45. The summed E-state index contributed by atoms with van der Waals surface area (Å²) in [7, 11) is -1.58. The summed E-state index contributed by atoms with van der Waals surface area (Å²) < 4.78 is 22.9.